The zero-order valence-electron chi connectivity index (χ0n) is 22.3. The molecule has 1 aliphatic carbocycles. The number of aryl methyl sites for hydroxylation is 1. The molecule has 0 atom stereocenters. The van der Waals surface area contributed by atoms with Gasteiger partial charge in [0, 0.05) is 17.1 Å². The predicted octanol–water partition coefficient (Wildman–Crippen LogP) is 11.1. The van der Waals surface area contributed by atoms with Crippen LogP contribution in [0.1, 0.15) is 5.56 Å². The standard InChI is InChI=1S/C39H27N/c1-26-10-8-9-15-39(26)40(33-13-6-3-7-14-33)34-19-18-30-23-36-35-22-29-17-16-28(27-11-4-2-5-12-27)20-31(29)24-37(35)38(36)25-32(30)21-34/h2-25H,1H3. The van der Waals surface area contributed by atoms with Crippen LogP contribution >= 0.6 is 0 Å². The highest BCUT2D eigenvalue weighted by molar-refractivity contribution is 6.12. The summed E-state index contributed by atoms with van der Waals surface area (Å²) in [5.41, 5.74) is 12.7. The molecule has 1 aliphatic rings. The van der Waals surface area contributed by atoms with E-state index in [9.17, 15) is 0 Å². The maximum atomic E-state index is 2.38. The van der Waals surface area contributed by atoms with Gasteiger partial charge in [-0.3, -0.25) is 0 Å². The van der Waals surface area contributed by atoms with Crippen molar-refractivity contribution >= 4 is 38.6 Å². The van der Waals surface area contributed by atoms with E-state index in [4.69, 9.17) is 0 Å². The zero-order valence-corrected chi connectivity index (χ0v) is 22.3. The number of benzene rings is 7. The van der Waals surface area contributed by atoms with Crippen molar-refractivity contribution in [2.75, 3.05) is 4.90 Å². The van der Waals surface area contributed by atoms with Crippen molar-refractivity contribution in [3.63, 3.8) is 0 Å². The highest BCUT2D eigenvalue weighted by Gasteiger charge is 2.24. The molecule has 0 amide bonds. The third kappa shape index (κ3) is 3.63. The normalized spacial score (nSPS) is 11.6. The Balaban J connectivity index is 1.24. The van der Waals surface area contributed by atoms with Gasteiger partial charge in [0.05, 0.1) is 0 Å². The minimum Gasteiger partial charge on any atom is -0.310 e. The molecular weight excluding hydrogens is 482 g/mol. The summed E-state index contributed by atoms with van der Waals surface area (Å²) in [5.74, 6) is 0. The summed E-state index contributed by atoms with van der Waals surface area (Å²) in [7, 11) is 0. The summed E-state index contributed by atoms with van der Waals surface area (Å²) in [6.45, 7) is 2.18. The first-order valence-electron chi connectivity index (χ1n) is 13.9. The van der Waals surface area contributed by atoms with Crippen LogP contribution in [0.5, 0.6) is 0 Å². The van der Waals surface area contributed by atoms with E-state index in [1.807, 2.05) is 0 Å². The lowest BCUT2D eigenvalue weighted by atomic mass is 9.77. The summed E-state index contributed by atoms with van der Waals surface area (Å²) in [6, 6.07) is 53.0. The third-order valence-corrected chi connectivity index (χ3v) is 8.25. The Labute approximate surface area is 234 Å². The van der Waals surface area contributed by atoms with Gasteiger partial charge in [-0.05, 0) is 128 Å². The highest BCUT2D eigenvalue weighted by Crippen LogP contribution is 2.51. The second-order valence-electron chi connectivity index (χ2n) is 10.7. The lowest BCUT2D eigenvalue weighted by Crippen LogP contribution is -2.11. The molecule has 0 aliphatic heterocycles. The molecule has 7 aromatic rings. The Morgan fingerprint density at radius 1 is 0.375 bits per heavy atom. The van der Waals surface area contributed by atoms with E-state index in [-0.39, 0.29) is 0 Å². The minimum absolute atomic E-state index is 1.16. The summed E-state index contributed by atoms with van der Waals surface area (Å²) in [5, 5.41) is 5.10. The molecule has 0 N–H and O–H groups in total. The largest absolute Gasteiger partial charge is 0.310 e. The monoisotopic (exact) mass is 509 g/mol. The van der Waals surface area contributed by atoms with Gasteiger partial charge in [-0.15, -0.1) is 0 Å². The van der Waals surface area contributed by atoms with Gasteiger partial charge in [0.15, 0.2) is 0 Å². The molecule has 0 saturated carbocycles. The Hall–Kier alpha value is -5.14. The number of para-hydroxylation sites is 2. The second kappa shape index (κ2) is 8.97. The van der Waals surface area contributed by atoms with Crippen molar-refractivity contribution in [3.8, 4) is 33.4 Å². The van der Waals surface area contributed by atoms with Crippen LogP contribution in [-0.2, 0) is 0 Å². The fourth-order valence-corrected chi connectivity index (χ4v) is 6.18. The van der Waals surface area contributed by atoms with Gasteiger partial charge >= 0.3 is 0 Å². The molecule has 1 nitrogen and oxygen atoms in total. The van der Waals surface area contributed by atoms with Crippen LogP contribution in [0.3, 0.4) is 0 Å². The van der Waals surface area contributed by atoms with E-state index in [0.29, 0.717) is 0 Å². The van der Waals surface area contributed by atoms with E-state index >= 15 is 0 Å². The number of nitrogens with zero attached hydrogens (tertiary/aromatic N) is 1. The summed E-state index contributed by atoms with van der Waals surface area (Å²) in [4.78, 5) is 2.36. The zero-order chi connectivity index (χ0) is 26.6. The van der Waals surface area contributed by atoms with Gasteiger partial charge in [0.1, 0.15) is 0 Å². The summed E-state index contributed by atoms with van der Waals surface area (Å²) in [6.07, 6.45) is 0. The summed E-state index contributed by atoms with van der Waals surface area (Å²) < 4.78 is 0. The molecule has 0 spiro atoms. The van der Waals surface area contributed by atoms with E-state index in [2.05, 4.69) is 157 Å². The molecular formula is C39H27N. The van der Waals surface area contributed by atoms with Crippen molar-refractivity contribution < 1.29 is 0 Å². The number of hydrogen-bond acceptors (Lipinski definition) is 1. The quantitative estimate of drug-likeness (QED) is 0.228. The Morgan fingerprint density at radius 2 is 0.925 bits per heavy atom. The van der Waals surface area contributed by atoms with Crippen molar-refractivity contribution in [1.82, 2.24) is 0 Å². The molecule has 0 radical (unpaired) electrons. The van der Waals surface area contributed by atoms with E-state index < -0.39 is 0 Å². The Kier molecular flexibility index (Phi) is 5.11. The van der Waals surface area contributed by atoms with Crippen LogP contribution in [0.25, 0.3) is 54.9 Å². The first-order valence-corrected chi connectivity index (χ1v) is 13.9. The maximum Gasteiger partial charge on any atom is 0.0490 e. The molecule has 0 saturated heterocycles. The Morgan fingerprint density at radius 3 is 1.60 bits per heavy atom. The number of anilines is 3. The summed E-state index contributed by atoms with van der Waals surface area (Å²) >= 11 is 0. The number of fused-ring (bicyclic) bond motifs is 6. The molecule has 0 fully saturated rings. The SMILES string of the molecule is Cc1ccccc1N(c1ccccc1)c1ccc2cc3c(cc2c1)-c1cc2cc(-c4ccccc4)ccc2cc1-3. The van der Waals surface area contributed by atoms with E-state index in [1.165, 1.54) is 71.9 Å². The van der Waals surface area contributed by atoms with E-state index in [1.54, 1.807) is 0 Å². The van der Waals surface area contributed by atoms with E-state index in [0.717, 1.165) is 5.69 Å². The van der Waals surface area contributed by atoms with Crippen LogP contribution in [0.2, 0.25) is 0 Å². The average molecular weight is 510 g/mol. The van der Waals surface area contributed by atoms with Crippen LogP contribution in [-0.4, -0.2) is 0 Å². The van der Waals surface area contributed by atoms with Gasteiger partial charge in [-0.2, -0.15) is 0 Å². The average Bonchev–Trinajstić information content (AvgIpc) is 3.01. The molecule has 0 unspecified atom stereocenters. The topological polar surface area (TPSA) is 3.24 Å². The fraction of sp³-hybridized carbons (Fsp3) is 0.0256. The van der Waals surface area contributed by atoms with Crippen molar-refractivity contribution in [1.29, 1.82) is 0 Å². The first-order chi connectivity index (χ1) is 19.7. The molecule has 8 rings (SSSR count). The second-order valence-corrected chi connectivity index (χ2v) is 10.7. The van der Waals surface area contributed by atoms with Crippen LogP contribution in [0.15, 0.2) is 146 Å². The van der Waals surface area contributed by atoms with Crippen LogP contribution in [0.4, 0.5) is 17.1 Å². The number of rotatable bonds is 4. The van der Waals surface area contributed by atoms with Crippen molar-refractivity contribution in [2.24, 2.45) is 0 Å². The number of hydrogen-bond donors (Lipinski definition) is 0. The van der Waals surface area contributed by atoms with Crippen molar-refractivity contribution in [2.45, 2.75) is 6.92 Å². The first kappa shape index (κ1) is 22.8. The predicted molar refractivity (Wildman–Crippen MR) is 171 cm³/mol. The lowest BCUT2D eigenvalue weighted by Gasteiger charge is -2.28. The smallest absolute Gasteiger partial charge is 0.0490 e. The molecule has 0 heterocycles. The van der Waals surface area contributed by atoms with Gasteiger partial charge in [0.25, 0.3) is 0 Å². The van der Waals surface area contributed by atoms with Gasteiger partial charge in [-0.1, -0.05) is 84.9 Å². The molecule has 0 bridgehead atoms. The van der Waals surface area contributed by atoms with Gasteiger partial charge in [-0.25, -0.2) is 0 Å². The lowest BCUT2D eigenvalue weighted by molar-refractivity contribution is 1.25. The van der Waals surface area contributed by atoms with Crippen LogP contribution in [0, 0.1) is 6.92 Å². The van der Waals surface area contributed by atoms with Gasteiger partial charge in [0.2, 0.25) is 0 Å². The molecule has 40 heavy (non-hydrogen) atoms. The fourth-order valence-electron chi connectivity index (χ4n) is 6.18. The third-order valence-electron chi connectivity index (χ3n) is 8.25. The minimum atomic E-state index is 1.16. The van der Waals surface area contributed by atoms with Crippen molar-refractivity contribution in [3.05, 3.63) is 151 Å². The molecule has 1 heteroatoms. The maximum absolute atomic E-state index is 2.38. The van der Waals surface area contributed by atoms with Crippen LogP contribution < -0.4 is 4.90 Å². The molecule has 188 valence electrons. The molecule has 7 aromatic carbocycles. The van der Waals surface area contributed by atoms with Gasteiger partial charge < -0.3 is 4.90 Å². The molecule has 0 aromatic heterocycles. The highest BCUT2D eigenvalue weighted by atomic mass is 15.1. The Bertz CT molecular complexity index is 2060.